The molecule has 2 N–H and O–H groups in total. The molecule has 1 aliphatic carbocycles. The molecule has 0 spiro atoms. The average Bonchev–Trinajstić information content (AvgIpc) is 3.72. The first-order chi connectivity index (χ1) is 19.3. The second-order valence-electron chi connectivity index (χ2n) is 9.52. The van der Waals surface area contributed by atoms with E-state index in [1.165, 1.54) is 35.6 Å². The van der Waals surface area contributed by atoms with E-state index in [9.17, 15) is 8.78 Å². The summed E-state index contributed by atoms with van der Waals surface area (Å²) in [4.78, 5) is 0.836. The van der Waals surface area contributed by atoms with Crippen LogP contribution in [0.2, 0.25) is 0 Å². The van der Waals surface area contributed by atoms with E-state index in [0.29, 0.717) is 25.9 Å². The van der Waals surface area contributed by atoms with E-state index in [0.717, 1.165) is 34.8 Å². The quantitative estimate of drug-likeness (QED) is 0.227. The van der Waals surface area contributed by atoms with Crippen LogP contribution in [0.3, 0.4) is 0 Å². The predicted octanol–water partition coefficient (Wildman–Crippen LogP) is 5.54. The number of halogens is 6. The number of thiophene rings is 2. The maximum atomic E-state index is 15.4. The van der Waals surface area contributed by atoms with Crippen molar-refractivity contribution in [2.75, 3.05) is 13.2 Å². The molecule has 41 heavy (non-hydrogen) atoms. The minimum absolute atomic E-state index is 0.0856. The van der Waals surface area contributed by atoms with Crippen LogP contribution in [0.1, 0.15) is 33.7 Å². The largest absolute Gasteiger partial charge is 0.396 e. The van der Waals surface area contributed by atoms with Crippen molar-refractivity contribution in [1.82, 2.24) is 30.0 Å². The van der Waals surface area contributed by atoms with Gasteiger partial charge in [-0.15, -0.1) is 32.9 Å². The molecule has 0 saturated heterocycles. The third-order valence-corrected chi connectivity index (χ3v) is 8.86. The van der Waals surface area contributed by atoms with Crippen molar-refractivity contribution in [2.45, 2.75) is 57.5 Å². The van der Waals surface area contributed by atoms with Crippen LogP contribution in [0.15, 0.2) is 24.5 Å². The fourth-order valence-electron chi connectivity index (χ4n) is 4.65. The van der Waals surface area contributed by atoms with Gasteiger partial charge in [-0.3, -0.25) is 9.36 Å². The van der Waals surface area contributed by atoms with E-state index in [1.807, 2.05) is 0 Å². The number of aliphatic hydroxyl groups is 2. The maximum Gasteiger partial charge on any atom is 0.380 e. The number of nitrogens with zero attached hydrogens (tertiary/aromatic N) is 6. The molecule has 0 fully saturated rings. The Kier molecular flexibility index (Phi) is 7.63. The van der Waals surface area contributed by atoms with Crippen LogP contribution in [-0.2, 0) is 13.1 Å². The molecule has 1 aliphatic rings. The molecule has 4 aromatic heterocycles. The van der Waals surface area contributed by atoms with Crippen LogP contribution < -0.4 is 0 Å². The van der Waals surface area contributed by atoms with Crippen molar-refractivity contribution < 1.29 is 36.6 Å². The lowest BCUT2D eigenvalue weighted by Crippen LogP contribution is -2.48. The summed E-state index contributed by atoms with van der Waals surface area (Å²) >= 11 is 1.89. The summed E-state index contributed by atoms with van der Waals surface area (Å²) in [6, 6.07) is 2.33. The van der Waals surface area contributed by atoms with Crippen LogP contribution in [0.4, 0.5) is 26.3 Å². The van der Waals surface area contributed by atoms with Crippen LogP contribution >= 0.6 is 22.7 Å². The first kappa shape index (κ1) is 29.4. The molecule has 5 rings (SSSR count). The number of rotatable bonds is 10. The van der Waals surface area contributed by atoms with Crippen molar-refractivity contribution in [3.63, 3.8) is 0 Å². The number of hydrogen-bond donors (Lipinski definition) is 2. The Bertz CT molecular complexity index is 1490. The van der Waals surface area contributed by atoms with Crippen molar-refractivity contribution >= 4 is 33.8 Å². The molecule has 0 saturated carbocycles. The molecule has 0 aliphatic heterocycles. The van der Waals surface area contributed by atoms with E-state index in [2.05, 4.69) is 20.6 Å². The normalized spacial score (nSPS) is 17.6. The summed E-state index contributed by atoms with van der Waals surface area (Å²) in [5, 5.41) is 33.8. The second kappa shape index (κ2) is 10.6. The van der Waals surface area contributed by atoms with Crippen molar-refractivity contribution in [3.05, 3.63) is 45.4 Å². The highest BCUT2D eigenvalue weighted by Gasteiger charge is 2.80. The molecule has 0 amide bonds. The molecule has 0 radical (unpaired) electrons. The first-order valence-electron chi connectivity index (χ1n) is 12.5. The van der Waals surface area contributed by atoms with Gasteiger partial charge in [0, 0.05) is 47.2 Å². The zero-order chi connectivity index (χ0) is 29.7. The molecule has 8 nitrogen and oxygen atoms in total. The van der Waals surface area contributed by atoms with Crippen molar-refractivity contribution in [3.8, 4) is 21.1 Å². The van der Waals surface area contributed by atoms with Gasteiger partial charge < -0.3 is 10.2 Å². The minimum atomic E-state index is -5.69. The number of aryl methyl sites for hydroxylation is 4. The van der Waals surface area contributed by atoms with Crippen molar-refractivity contribution in [1.29, 1.82) is 0 Å². The second-order valence-corrected chi connectivity index (χ2v) is 12.0. The summed E-state index contributed by atoms with van der Waals surface area (Å²) < 4.78 is 94.4. The molecular weight excluding hydrogens is 594 g/mol. The smallest absolute Gasteiger partial charge is 0.380 e. The Balaban J connectivity index is 1.64. The Morgan fingerprint density at radius 1 is 0.707 bits per heavy atom. The van der Waals surface area contributed by atoms with Gasteiger partial charge in [0.15, 0.2) is 0 Å². The molecular formula is C25H24F6N6O2S2. The molecule has 0 atom stereocenters. The first-order valence-corrected chi connectivity index (χ1v) is 14.1. The molecule has 0 bridgehead atoms. The zero-order valence-electron chi connectivity index (χ0n) is 21.7. The van der Waals surface area contributed by atoms with E-state index in [-0.39, 0.29) is 44.1 Å². The number of allylic oxidation sites excluding steroid dienone is 2. The van der Waals surface area contributed by atoms with Gasteiger partial charge in [-0.2, -0.15) is 26.3 Å². The van der Waals surface area contributed by atoms with Crippen LogP contribution in [0.25, 0.3) is 32.3 Å². The molecule has 4 heterocycles. The van der Waals surface area contributed by atoms with E-state index < -0.39 is 40.0 Å². The Hall–Kier alpha value is -3.08. The van der Waals surface area contributed by atoms with Crippen LogP contribution in [0.5, 0.6) is 0 Å². The van der Waals surface area contributed by atoms with E-state index >= 15 is 17.6 Å². The topological polar surface area (TPSA) is 102 Å². The fourth-order valence-corrected chi connectivity index (χ4v) is 6.60. The van der Waals surface area contributed by atoms with Gasteiger partial charge in [-0.05, 0) is 49.9 Å². The van der Waals surface area contributed by atoms with Gasteiger partial charge in [0.25, 0.3) is 0 Å². The number of aromatic nitrogens is 6. The number of aliphatic hydroxyl groups excluding tert-OH is 2. The monoisotopic (exact) mass is 618 g/mol. The molecule has 0 aromatic carbocycles. The fraction of sp³-hybridized carbons (Fsp3) is 0.440. The third kappa shape index (κ3) is 4.79. The SMILES string of the molecule is Cc1sc(-c2cn(CCCO)nn2)cc1C1=C(c2cc(-c3cn(CCCO)nn3)sc2C)C(F)(F)C(F)(F)C1(F)F. The molecule has 0 unspecified atom stereocenters. The minimum Gasteiger partial charge on any atom is -0.396 e. The van der Waals surface area contributed by atoms with Crippen molar-refractivity contribution in [2.24, 2.45) is 0 Å². The van der Waals surface area contributed by atoms with Crippen LogP contribution in [0, 0.1) is 13.8 Å². The predicted molar refractivity (Wildman–Crippen MR) is 141 cm³/mol. The summed E-state index contributed by atoms with van der Waals surface area (Å²) in [6.45, 7) is 3.29. The maximum absolute atomic E-state index is 15.4. The highest BCUT2D eigenvalue weighted by atomic mass is 32.1. The Morgan fingerprint density at radius 2 is 1.10 bits per heavy atom. The van der Waals surface area contributed by atoms with E-state index in [1.54, 1.807) is 0 Å². The molecule has 4 aromatic rings. The van der Waals surface area contributed by atoms with Gasteiger partial charge in [-0.25, -0.2) is 0 Å². The van der Waals surface area contributed by atoms with Gasteiger partial charge in [-0.1, -0.05) is 10.4 Å². The zero-order valence-corrected chi connectivity index (χ0v) is 23.3. The summed E-state index contributed by atoms with van der Waals surface area (Å²) in [7, 11) is 0. The van der Waals surface area contributed by atoms with Crippen LogP contribution in [-0.4, -0.2) is 71.2 Å². The van der Waals surface area contributed by atoms with Gasteiger partial charge in [0.1, 0.15) is 11.4 Å². The molecule has 16 heteroatoms. The van der Waals surface area contributed by atoms with Gasteiger partial charge >= 0.3 is 17.8 Å². The third-order valence-electron chi connectivity index (χ3n) is 6.71. The Morgan fingerprint density at radius 3 is 1.46 bits per heavy atom. The number of alkyl halides is 6. The lowest BCUT2D eigenvalue weighted by atomic mass is 9.95. The number of hydrogen-bond acceptors (Lipinski definition) is 8. The highest BCUT2D eigenvalue weighted by molar-refractivity contribution is 7.16. The molecule has 220 valence electrons. The van der Waals surface area contributed by atoms with Gasteiger partial charge in [0.05, 0.1) is 22.1 Å². The lowest BCUT2D eigenvalue weighted by Gasteiger charge is -2.25. The summed E-state index contributed by atoms with van der Waals surface area (Å²) in [5.41, 5.74) is -3.20. The summed E-state index contributed by atoms with van der Waals surface area (Å²) in [5.74, 6) is -16.1. The van der Waals surface area contributed by atoms with Gasteiger partial charge in [0.2, 0.25) is 0 Å². The highest BCUT2D eigenvalue weighted by Crippen LogP contribution is 2.66. The Labute approximate surface area is 237 Å². The standard InChI is InChI=1S/C25H24F6N6O2S2/c1-13-15(9-19(40-13)17-11-36(34-32-17)5-3-7-38)21-22(24(28,29)25(30,31)23(21,26)27)16-10-20(41-14(16)2)18-12-37(35-33-18)6-4-8-39/h9-12,38-39H,3-8H2,1-2H3. The average molecular weight is 619 g/mol. The van der Waals surface area contributed by atoms with E-state index in [4.69, 9.17) is 10.2 Å². The summed E-state index contributed by atoms with van der Waals surface area (Å²) in [6.07, 6.45) is 3.79. The lowest BCUT2D eigenvalue weighted by molar-refractivity contribution is -0.254.